The van der Waals surface area contributed by atoms with Crippen LogP contribution in [0.1, 0.15) is 20.7 Å². The molecule has 0 unspecified atom stereocenters. The number of amides is 1. The molecule has 4 rings (SSSR count). The van der Waals surface area contributed by atoms with E-state index in [2.05, 4.69) is 15.3 Å². The van der Waals surface area contributed by atoms with Crippen LogP contribution < -0.4 is 5.32 Å². The molecule has 122 valence electrons. The maximum absolute atomic E-state index is 12.5. The summed E-state index contributed by atoms with van der Waals surface area (Å²) in [6, 6.07) is 18.0. The topological polar surface area (TPSA) is 95.1 Å². The molecule has 0 aliphatic rings. The van der Waals surface area contributed by atoms with Crippen LogP contribution in [0.5, 0.6) is 0 Å². The van der Waals surface area contributed by atoms with E-state index >= 15 is 0 Å². The molecule has 0 bridgehead atoms. The maximum Gasteiger partial charge on any atom is 0.337 e. The van der Waals surface area contributed by atoms with Gasteiger partial charge in [-0.2, -0.15) is 0 Å². The van der Waals surface area contributed by atoms with E-state index in [0.29, 0.717) is 16.6 Å². The molecule has 3 aromatic carbocycles. The highest BCUT2D eigenvalue weighted by atomic mass is 16.4. The number of H-pyrrole nitrogens is 1. The molecular weight excluding hydrogens is 318 g/mol. The number of carboxylic acids is 1. The van der Waals surface area contributed by atoms with Crippen LogP contribution in [0.2, 0.25) is 0 Å². The minimum atomic E-state index is -1.07. The van der Waals surface area contributed by atoms with Gasteiger partial charge in [-0.25, -0.2) is 9.78 Å². The first-order valence-corrected chi connectivity index (χ1v) is 7.64. The average Bonchev–Trinajstić information content (AvgIpc) is 3.03. The van der Waals surface area contributed by atoms with Crippen LogP contribution in [-0.4, -0.2) is 27.0 Å². The fourth-order valence-electron chi connectivity index (χ4n) is 2.77. The van der Waals surface area contributed by atoms with E-state index in [1.165, 1.54) is 6.07 Å². The standard InChI is InChI=1S/C19H13N3O3/c23-17(13-9-8-11-4-1-2-5-12(11)10-13)22-19-20-15-7-3-6-14(18(24)25)16(15)21-19/h1-10H,(H,24,25)(H2,20,21,22,23). The van der Waals surface area contributed by atoms with Crippen LogP contribution in [-0.2, 0) is 0 Å². The van der Waals surface area contributed by atoms with Crippen LogP contribution in [0.4, 0.5) is 5.95 Å². The molecule has 4 aromatic rings. The summed E-state index contributed by atoms with van der Waals surface area (Å²) < 4.78 is 0. The summed E-state index contributed by atoms with van der Waals surface area (Å²) in [6.45, 7) is 0. The first kappa shape index (κ1) is 14.9. The molecule has 0 saturated heterocycles. The summed E-state index contributed by atoms with van der Waals surface area (Å²) >= 11 is 0. The second-order valence-electron chi connectivity index (χ2n) is 5.61. The number of benzene rings is 3. The first-order valence-electron chi connectivity index (χ1n) is 7.64. The van der Waals surface area contributed by atoms with Gasteiger partial charge in [0.05, 0.1) is 11.1 Å². The Morgan fingerprint density at radius 1 is 0.960 bits per heavy atom. The Bertz CT molecular complexity index is 1130. The number of rotatable bonds is 3. The highest BCUT2D eigenvalue weighted by Gasteiger charge is 2.14. The number of fused-ring (bicyclic) bond motifs is 2. The third kappa shape index (κ3) is 2.70. The van der Waals surface area contributed by atoms with Gasteiger partial charge in [-0.15, -0.1) is 0 Å². The number of imidazole rings is 1. The van der Waals surface area contributed by atoms with Crippen molar-refractivity contribution in [1.29, 1.82) is 0 Å². The van der Waals surface area contributed by atoms with Crippen LogP contribution in [0.25, 0.3) is 21.8 Å². The summed E-state index contributed by atoms with van der Waals surface area (Å²) in [6.07, 6.45) is 0. The molecule has 1 aromatic heterocycles. The molecule has 3 N–H and O–H groups in total. The van der Waals surface area contributed by atoms with Crippen molar-refractivity contribution in [2.45, 2.75) is 0 Å². The predicted octanol–water partition coefficient (Wildman–Crippen LogP) is 3.67. The quantitative estimate of drug-likeness (QED) is 0.534. The van der Waals surface area contributed by atoms with Crippen molar-refractivity contribution >= 4 is 39.6 Å². The molecule has 1 amide bonds. The van der Waals surface area contributed by atoms with E-state index in [1.54, 1.807) is 24.3 Å². The molecular formula is C19H13N3O3. The molecule has 1 heterocycles. The first-order chi connectivity index (χ1) is 12.1. The van der Waals surface area contributed by atoms with Crippen LogP contribution in [0.3, 0.4) is 0 Å². The normalized spacial score (nSPS) is 10.9. The lowest BCUT2D eigenvalue weighted by atomic mass is 10.1. The van der Waals surface area contributed by atoms with Gasteiger partial charge in [0.15, 0.2) is 0 Å². The Balaban J connectivity index is 1.66. The molecule has 6 heteroatoms. The molecule has 25 heavy (non-hydrogen) atoms. The number of para-hydroxylation sites is 1. The fraction of sp³-hybridized carbons (Fsp3) is 0. The lowest BCUT2D eigenvalue weighted by Gasteiger charge is -2.03. The van der Waals surface area contributed by atoms with Gasteiger partial charge in [-0.1, -0.05) is 36.4 Å². The smallest absolute Gasteiger partial charge is 0.337 e. The highest BCUT2D eigenvalue weighted by molar-refractivity contribution is 6.07. The summed E-state index contributed by atoms with van der Waals surface area (Å²) in [7, 11) is 0. The van der Waals surface area contributed by atoms with Crippen molar-refractivity contribution in [2.24, 2.45) is 0 Å². The monoisotopic (exact) mass is 331 g/mol. The van der Waals surface area contributed by atoms with E-state index in [1.807, 2.05) is 30.3 Å². The Morgan fingerprint density at radius 3 is 2.56 bits per heavy atom. The van der Waals surface area contributed by atoms with Crippen molar-refractivity contribution in [3.8, 4) is 0 Å². The van der Waals surface area contributed by atoms with E-state index in [9.17, 15) is 14.7 Å². The number of anilines is 1. The van der Waals surface area contributed by atoms with E-state index in [0.717, 1.165) is 10.8 Å². The largest absolute Gasteiger partial charge is 0.478 e. The number of carboxylic acid groups (broad SMARTS) is 1. The van der Waals surface area contributed by atoms with Gasteiger partial charge in [0.1, 0.15) is 5.52 Å². The van der Waals surface area contributed by atoms with Gasteiger partial charge >= 0.3 is 5.97 Å². The molecule has 0 aliphatic carbocycles. The summed E-state index contributed by atoms with van der Waals surface area (Å²) in [5.41, 5.74) is 1.44. The number of aromatic carboxylic acids is 1. The minimum absolute atomic E-state index is 0.0833. The highest BCUT2D eigenvalue weighted by Crippen LogP contribution is 2.20. The number of carbonyl (C=O) groups is 2. The number of carbonyl (C=O) groups excluding carboxylic acids is 1. The lowest BCUT2D eigenvalue weighted by Crippen LogP contribution is -2.12. The van der Waals surface area contributed by atoms with Gasteiger partial charge in [0.2, 0.25) is 5.95 Å². The Hall–Kier alpha value is -3.67. The molecule has 0 radical (unpaired) electrons. The van der Waals surface area contributed by atoms with Gasteiger partial charge in [0, 0.05) is 5.56 Å². The zero-order valence-corrected chi connectivity index (χ0v) is 13.0. The Kier molecular flexibility index (Phi) is 3.43. The summed E-state index contributed by atoms with van der Waals surface area (Å²) in [5, 5.41) is 13.9. The average molecular weight is 331 g/mol. The van der Waals surface area contributed by atoms with Crippen molar-refractivity contribution in [2.75, 3.05) is 5.32 Å². The van der Waals surface area contributed by atoms with E-state index in [-0.39, 0.29) is 17.4 Å². The number of aromatic nitrogens is 2. The van der Waals surface area contributed by atoms with Crippen LogP contribution in [0.15, 0.2) is 60.7 Å². The summed E-state index contributed by atoms with van der Waals surface area (Å²) in [5.74, 6) is -1.17. The van der Waals surface area contributed by atoms with Crippen molar-refractivity contribution < 1.29 is 14.7 Å². The molecule has 0 saturated carbocycles. The second kappa shape index (κ2) is 5.76. The van der Waals surface area contributed by atoms with Gasteiger partial charge in [-0.05, 0) is 35.0 Å². The third-order valence-electron chi connectivity index (χ3n) is 3.99. The number of hydrogen-bond donors (Lipinski definition) is 3. The van der Waals surface area contributed by atoms with Gasteiger partial charge < -0.3 is 10.1 Å². The van der Waals surface area contributed by atoms with Crippen LogP contribution in [0, 0.1) is 0 Å². The Morgan fingerprint density at radius 2 is 1.76 bits per heavy atom. The fourth-order valence-corrected chi connectivity index (χ4v) is 2.77. The second-order valence-corrected chi connectivity index (χ2v) is 5.61. The van der Waals surface area contributed by atoms with E-state index in [4.69, 9.17) is 0 Å². The number of nitrogens with one attached hydrogen (secondary N) is 2. The zero-order valence-electron chi connectivity index (χ0n) is 13.0. The third-order valence-corrected chi connectivity index (χ3v) is 3.99. The SMILES string of the molecule is O=C(Nc1nc2c(C(=O)O)cccc2[nH]1)c1ccc2ccccc2c1. The molecule has 0 aliphatic heterocycles. The number of hydrogen-bond acceptors (Lipinski definition) is 3. The molecule has 6 nitrogen and oxygen atoms in total. The van der Waals surface area contributed by atoms with Crippen molar-refractivity contribution in [3.63, 3.8) is 0 Å². The lowest BCUT2D eigenvalue weighted by molar-refractivity contribution is 0.0698. The van der Waals surface area contributed by atoms with E-state index < -0.39 is 5.97 Å². The predicted molar refractivity (Wildman–Crippen MR) is 95.0 cm³/mol. The van der Waals surface area contributed by atoms with Gasteiger partial charge in [0.25, 0.3) is 5.91 Å². The molecule has 0 fully saturated rings. The van der Waals surface area contributed by atoms with Crippen molar-refractivity contribution in [3.05, 3.63) is 71.8 Å². The number of nitrogens with zero attached hydrogens (tertiary/aromatic N) is 1. The summed E-state index contributed by atoms with van der Waals surface area (Å²) in [4.78, 5) is 30.8. The molecule has 0 spiro atoms. The van der Waals surface area contributed by atoms with Crippen molar-refractivity contribution in [1.82, 2.24) is 9.97 Å². The van der Waals surface area contributed by atoms with Gasteiger partial charge in [-0.3, -0.25) is 10.1 Å². The van der Waals surface area contributed by atoms with Crippen LogP contribution >= 0.6 is 0 Å². The maximum atomic E-state index is 12.5. The number of aromatic amines is 1. The minimum Gasteiger partial charge on any atom is -0.478 e. The molecule has 0 atom stereocenters. The zero-order chi connectivity index (χ0) is 17.4. The Labute approximate surface area is 142 Å².